The second kappa shape index (κ2) is 5.11. The Balaban J connectivity index is 2.55. The number of hydrogen-bond donors (Lipinski definition) is 0. The first-order valence-electron chi connectivity index (χ1n) is 6.17. The summed E-state index contributed by atoms with van der Waals surface area (Å²) in [5.74, 6) is 0.653. The number of nitrogens with zero attached hydrogens (tertiary/aromatic N) is 1. The van der Waals surface area contributed by atoms with E-state index in [4.69, 9.17) is 0 Å². The van der Waals surface area contributed by atoms with Crippen molar-refractivity contribution in [3.63, 3.8) is 0 Å². The molecular formula is C13H25NO. The third-order valence-corrected chi connectivity index (χ3v) is 4.07. The van der Waals surface area contributed by atoms with E-state index in [-0.39, 0.29) is 5.41 Å². The first-order valence-corrected chi connectivity index (χ1v) is 6.17. The van der Waals surface area contributed by atoms with Gasteiger partial charge in [0.2, 0.25) is 0 Å². The van der Waals surface area contributed by atoms with Crippen LogP contribution in [-0.4, -0.2) is 30.8 Å². The van der Waals surface area contributed by atoms with Crippen LogP contribution in [0.4, 0.5) is 0 Å². The minimum atomic E-state index is -0.0299. The van der Waals surface area contributed by atoms with Crippen LogP contribution in [0.15, 0.2) is 0 Å². The molecule has 1 fully saturated rings. The molecule has 0 amide bonds. The van der Waals surface area contributed by atoms with E-state index in [0.29, 0.717) is 12.0 Å². The summed E-state index contributed by atoms with van der Waals surface area (Å²) in [7, 11) is 2.15. The maximum absolute atomic E-state index is 11.2. The lowest BCUT2D eigenvalue weighted by Gasteiger charge is -2.34. The molecule has 15 heavy (non-hydrogen) atoms. The first kappa shape index (κ1) is 12.7. The van der Waals surface area contributed by atoms with Gasteiger partial charge in [-0.3, -0.25) is 0 Å². The topological polar surface area (TPSA) is 20.3 Å². The quantitative estimate of drug-likeness (QED) is 0.652. The second-order valence-corrected chi connectivity index (χ2v) is 5.59. The van der Waals surface area contributed by atoms with E-state index in [1.165, 1.54) is 19.1 Å². The highest BCUT2D eigenvalue weighted by Gasteiger charge is 2.35. The van der Waals surface area contributed by atoms with Gasteiger partial charge in [-0.2, -0.15) is 0 Å². The number of hydrogen-bond acceptors (Lipinski definition) is 2. The Morgan fingerprint density at radius 3 is 2.20 bits per heavy atom. The summed E-state index contributed by atoms with van der Waals surface area (Å²) >= 11 is 0. The molecule has 2 nitrogen and oxygen atoms in total. The molecule has 0 aliphatic heterocycles. The van der Waals surface area contributed by atoms with Crippen LogP contribution in [0.25, 0.3) is 0 Å². The minimum Gasteiger partial charge on any atom is -0.303 e. The standard InChI is InChI=1S/C13H25NO/c1-11(2)12(3)14(4)9-13(10-15)7-5-6-8-13/h10-12H,5-9H2,1-4H3. The molecule has 0 aromatic rings. The molecule has 0 radical (unpaired) electrons. The smallest absolute Gasteiger partial charge is 0.127 e. The molecule has 88 valence electrons. The lowest BCUT2D eigenvalue weighted by Crippen LogP contribution is -2.41. The van der Waals surface area contributed by atoms with Crippen molar-refractivity contribution in [2.45, 2.75) is 52.5 Å². The van der Waals surface area contributed by atoms with Crippen LogP contribution >= 0.6 is 0 Å². The van der Waals surface area contributed by atoms with Crippen molar-refractivity contribution in [1.29, 1.82) is 0 Å². The zero-order valence-electron chi connectivity index (χ0n) is 10.6. The Hall–Kier alpha value is -0.370. The number of carbonyl (C=O) groups excluding carboxylic acids is 1. The Labute approximate surface area is 94.0 Å². The van der Waals surface area contributed by atoms with Crippen LogP contribution in [0.5, 0.6) is 0 Å². The highest BCUT2D eigenvalue weighted by atomic mass is 16.1. The Morgan fingerprint density at radius 2 is 1.80 bits per heavy atom. The average Bonchev–Trinajstić information content (AvgIpc) is 2.65. The normalized spacial score (nSPS) is 22.3. The molecule has 0 spiro atoms. The van der Waals surface area contributed by atoms with Crippen LogP contribution in [0.3, 0.4) is 0 Å². The van der Waals surface area contributed by atoms with Crippen LogP contribution in [0.2, 0.25) is 0 Å². The van der Waals surface area contributed by atoms with Crippen LogP contribution in [-0.2, 0) is 4.79 Å². The van der Waals surface area contributed by atoms with Gasteiger partial charge >= 0.3 is 0 Å². The van der Waals surface area contributed by atoms with Crippen LogP contribution in [0.1, 0.15) is 46.5 Å². The van der Waals surface area contributed by atoms with E-state index in [9.17, 15) is 4.79 Å². The van der Waals surface area contributed by atoms with Crippen molar-refractivity contribution in [3.05, 3.63) is 0 Å². The number of carbonyl (C=O) groups is 1. The molecule has 0 aromatic carbocycles. The summed E-state index contributed by atoms with van der Waals surface area (Å²) in [6.45, 7) is 7.67. The summed E-state index contributed by atoms with van der Waals surface area (Å²) in [6.07, 6.45) is 5.84. The van der Waals surface area contributed by atoms with Crippen molar-refractivity contribution < 1.29 is 4.79 Å². The number of aldehydes is 1. The summed E-state index contributed by atoms with van der Waals surface area (Å²) in [5.41, 5.74) is -0.0299. The van der Waals surface area contributed by atoms with Gasteiger partial charge in [-0.15, -0.1) is 0 Å². The molecule has 1 rings (SSSR count). The Morgan fingerprint density at radius 1 is 1.27 bits per heavy atom. The highest BCUT2D eigenvalue weighted by Crippen LogP contribution is 2.37. The molecular weight excluding hydrogens is 186 g/mol. The van der Waals surface area contributed by atoms with Gasteiger partial charge in [0.1, 0.15) is 6.29 Å². The fourth-order valence-corrected chi connectivity index (χ4v) is 2.54. The zero-order chi connectivity index (χ0) is 11.5. The van der Waals surface area contributed by atoms with Crippen molar-refractivity contribution in [1.82, 2.24) is 4.90 Å². The van der Waals surface area contributed by atoms with Crippen molar-refractivity contribution >= 4 is 6.29 Å². The van der Waals surface area contributed by atoms with E-state index in [1.54, 1.807) is 0 Å². The molecule has 1 atom stereocenters. The lowest BCUT2D eigenvalue weighted by molar-refractivity contribution is -0.117. The predicted molar refractivity (Wildman–Crippen MR) is 63.9 cm³/mol. The van der Waals surface area contributed by atoms with Crippen LogP contribution < -0.4 is 0 Å². The van der Waals surface area contributed by atoms with Gasteiger partial charge < -0.3 is 9.69 Å². The van der Waals surface area contributed by atoms with Gasteiger partial charge in [0.25, 0.3) is 0 Å². The number of rotatable bonds is 5. The molecule has 0 bridgehead atoms. The first-order chi connectivity index (χ1) is 7.01. The van der Waals surface area contributed by atoms with Gasteiger partial charge in [-0.05, 0) is 32.7 Å². The fraction of sp³-hybridized carbons (Fsp3) is 0.923. The maximum Gasteiger partial charge on any atom is 0.127 e. The van der Waals surface area contributed by atoms with Crippen molar-refractivity contribution in [3.8, 4) is 0 Å². The van der Waals surface area contributed by atoms with E-state index in [1.807, 2.05) is 0 Å². The van der Waals surface area contributed by atoms with Crippen LogP contribution in [0, 0.1) is 11.3 Å². The van der Waals surface area contributed by atoms with Crippen molar-refractivity contribution in [2.24, 2.45) is 11.3 Å². The minimum absolute atomic E-state index is 0.0299. The maximum atomic E-state index is 11.2. The van der Waals surface area contributed by atoms with Crippen molar-refractivity contribution in [2.75, 3.05) is 13.6 Å². The molecule has 2 heteroatoms. The molecule has 1 saturated carbocycles. The molecule has 1 unspecified atom stereocenters. The van der Waals surface area contributed by atoms with Gasteiger partial charge in [0.15, 0.2) is 0 Å². The van der Waals surface area contributed by atoms with E-state index >= 15 is 0 Å². The molecule has 0 aromatic heterocycles. The average molecular weight is 211 g/mol. The van der Waals surface area contributed by atoms with Gasteiger partial charge in [-0.1, -0.05) is 26.7 Å². The molecule has 0 N–H and O–H groups in total. The van der Waals surface area contributed by atoms with Gasteiger partial charge in [0, 0.05) is 18.0 Å². The molecule has 0 heterocycles. The van der Waals surface area contributed by atoms with Gasteiger partial charge in [0.05, 0.1) is 0 Å². The largest absolute Gasteiger partial charge is 0.303 e. The van der Waals surface area contributed by atoms with E-state index in [2.05, 4.69) is 32.7 Å². The molecule has 1 aliphatic carbocycles. The predicted octanol–water partition coefficient (Wildman–Crippen LogP) is 2.72. The molecule has 0 saturated heterocycles. The fourth-order valence-electron chi connectivity index (χ4n) is 2.54. The summed E-state index contributed by atoms with van der Waals surface area (Å²) in [5, 5.41) is 0. The van der Waals surface area contributed by atoms with E-state index in [0.717, 1.165) is 19.4 Å². The highest BCUT2D eigenvalue weighted by molar-refractivity contribution is 5.60. The summed E-state index contributed by atoms with van der Waals surface area (Å²) in [6, 6.07) is 0.558. The summed E-state index contributed by atoms with van der Waals surface area (Å²) < 4.78 is 0. The Kier molecular flexibility index (Phi) is 4.32. The molecule has 1 aliphatic rings. The lowest BCUT2D eigenvalue weighted by atomic mass is 9.86. The SMILES string of the molecule is CC(C)C(C)N(C)CC1(C=O)CCCC1. The monoisotopic (exact) mass is 211 g/mol. The third-order valence-electron chi connectivity index (χ3n) is 4.07. The Bertz CT molecular complexity index is 207. The second-order valence-electron chi connectivity index (χ2n) is 5.59. The van der Waals surface area contributed by atoms with E-state index < -0.39 is 0 Å². The summed E-state index contributed by atoms with van der Waals surface area (Å²) in [4.78, 5) is 13.6. The van der Waals surface area contributed by atoms with Gasteiger partial charge in [-0.25, -0.2) is 0 Å². The zero-order valence-corrected chi connectivity index (χ0v) is 10.6. The third kappa shape index (κ3) is 3.04.